The van der Waals surface area contributed by atoms with Crippen molar-refractivity contribution in [1.82, 2.24) is 14.5 Å². The molecule has 8 heteroatoms. The second kappa shape index (κ2) is 6.71. The zero-order valence-electron chi connectivity index (χ0n) is 12.8. The summed E-state index contributed by atoms with van der Waals surface area (Å²) in [6.45, 7) is 2.73. The Balaban J connectivity index is 2.21. The van der Waals surface area contributed by atoms with Crippen molar-refractivity contribution in [2.75, 3.05) is 30.3 Å². The van der Waals surface area contributed by atoms with Crippen LogP contribution in [0.4, 0.5) is 17.3 Å². The molecule has 0 aliphatic carbocycles. The molecule has 1 heterocycles. The first-order chi connectivity index (χ1) is 10.4. The van der Waals surface area contributed by atoms with Crippen molar-refractivity contribution in [1.29, 1.82) is 0 Å². The maximum atomic E-state index is 11.7. The summed E-state index contributed by atoms with van der Waals surface area (Å²) in [6, 6.07) is 13.1. The molecule has 0 unspecified atom stereocenters. The third-order valence-electron chi connectivity index (χ3n) is 3.03. The minimum atomic E-state index is -3.57. The molecule has 7 nitrogen and oxygen atoms in total. The van der Waals surface area contributed by atoms with Crippen LogP contribution in [0.25, 0.3) is 0 Å². The number of hydrogen-bond acceptors (Lipinski definition) is 5. The van der Waals surface area contributed by atoms with Crippen LogP contribution in [0.2, 0.25) is 0 Å². The molecule has 0 bridgehead atoms. The maximum Gasteiger partial charge on any atom is 0.302 e. The van der Waals surface area contributed by atoms with Gasteiger partial charge in [-0.2, -0.15) is 12.7 Å². The Morgan fingerprint density at radius 2 is 1.73 bits per heavy atom. The summed E-state index contributed by atoms with van der Waals surface area (Å²) in [6.07, 6.45) is 0. The molecule has 0 atom stereocenters. The fourth-order valence-electron chi connectivity index (χ4n) is 1.83. The molecule has 0 radical (unpaired) electrons. The van der Waals surface area contributed by atoms with Gasteiger partial charge in [-0.15, -0.1) is 10.2 Å². The van der Waals surface area contributed by atoms with Crippen molar-refractivity contribution in [3.8, 4) is 0 Å². The van der Waals surface area contributed by atoms with Crippen molar-refractivity contribution in [2.24, 2.45) is 0 Å². The minimum absolute atomic E-state index is 0.182. The topological polar surface area (TPSA) is 78.4 Å². The Morgan fingerprint density at radius 3 is 2.23 bits per heavy atom. The van der Waals surface area contributed by atoms with Crippen LogP contribution in [0.15, 0.2) is 42.5 Å². The molecule has 1 aromatic carbocycles. The lowest BCUT2D eigenvalue weighted by Gasteiger charge is -2.21. The van der Waals surface area contributed by atoms with Crippen LogP contribution >= 0.6 is 0 Å². The number of hydrogen-bond donors (Lipinski definition) is 1. The van der Waals surface area contributed by atoms with Crippen LogP contribution in [-0.2, 0) is 10.2 Å². The smallest absolute Gasteiger partial charge is 0.302 e. The molecule has 0 spiro atoms. The Morgan fingerprint density at radius 1 is 1.05 bits per heavy atom. The van der Waals surface area contributed by atoms with Crippen LogP contribution in [-0.4, -0.2) is 43.6 Å². The van der Waals surface area contributed by atoms with Gasteiger partial charge in [-0.25, -0.2) is 0 Å². The molecule has 2 aromatic rings. The van der Waals surface area contributed by atoms with Crippen LogP contribution in [0.1, 0.15) is 6.92 Å². The Bertz CT molecular complexity index is 702. The van der Waals surface area contributed by atoms with Crippen molar-refractivity contribution in [2.45, 2.75) is 6.92 Å². The molecular formula is C14H19N5O2S. The van der Waals surface area contributed by atoms with Crippen LogP contribution in [0, 0.1) is 0 Å². The first-order valence-electron chi connectivity index (χ1n) is 6.80. The number of rotatable bonds is 6. The van der Waals surface area contributed by atoms with E-state index >= 15 is 0 Å². The molecule has 0 aliphatic heterocycles. The van der Waals surface area contributed by atoms with Crippen LogP contribution in [0.3, 0.4) is 0 Å². The van der Waals surface area contributed by atoms with Gasteiger partial charge < -0.3 is 4.90 Å². The lowest BCUT2D eigenvalue weighted by Crippen LogP contribution is -2.29. The van der Waals surface area contributed by atoms with E-state index < -0.39 is 10.2 Å². The summed E-state index contributed by atoms with van der Waals surface area (Å²) in [5.74, 6) is 0.836. The highest BCUT2D eigenvalue weighted by Gasteiger charge is 2.15. The molecule has 0 saturated carbocycles. The number of para-hydroxylation sites is 1. The molecule has 1 aromatic heterocycles. The van der Waals surface area contributed by atoms with Crippen LogP contribution in [0.5, 0.6) is 0 Å². The second-order valence-electron chi connectivity index (χ2n) is 4.75. The van der Waals surface area contributed by atoms with E-state index in [1.807, 2.05) is 42.2 Å². The van der Waals surface area contributed by atoms with E-state index in [4.69, 9.17) is 0 Å². The highest BCUT2D eigenvalue weighted by atomic mass is 32.2. The molecule has 0 saturated heterocycles. The van der Waals surface area contributed by atoms with E-state index in [0.717, 1.165) is 16.5 Å². The van der Waals surface area contributed by atoms with Gasteiger partial charge in [0.25, 0.3) is 0 Å². The summed E-state index contributed by atoms with van der Waals surface area (Å²) in [5, 5.41) is 8.03. The van der Waals surface area contributed by atoms with Gasteiger partial charge in [0, 0.05) is 26.3 Å². The SMILES string of the molecule is CCN(c1ccccc1)c1ccc(NS(=O)(=O)N(C)C)nn1. The van der Waals surface area contributed by atoms with E-state index in [9.17, 15) is 8.42 Å². The lowest BCUT2D eigenvalue weighted by atomic mass is 10.3. The predicted octanol–water partition coefficient (Wildman–Crippen LogP) is 1.85. The zero-order chi connectivity index (χ0) is 16.2. The molecule has 0 fully saturated rings. The molecule has 0 amide bonds. The summed E-state index contributed by atoms with van der Waals surface area (Å²) >= 11 is 0. The fourth-order valence-corrected chi connectivity index (χ4v) is 2.39. The highest BCUT2D eigenvalue weighted by molar-refractivity contribution is 7.90. The van der Waals surface area contributed by atoms with Gasteiger partial charge in [0.05, 0.1) is 0 Å². The van der Waals surface area contributed by atoms with E-state index in [0.29, 0.717) is 5.82 Å². The summed E-state index contributed by atoms with van der Waals surface area (Å²) in [4.78, 5) is 1.98. The Hall–Kier alpha value is -2.19. The molecule has 118 valence electrons. The zero-order valence-corrected chi connectivity index (χ0v) is 13.6. The van der Waals surface area contributed by atoms with E-state index in [1.165, 1.54) is 14.1 Å². The number of aromatic nitrogens is 2. The second-order valence-corrected chi connectivity index (χ2v) is 6.63. The van der Waals surface area contributed by atoms with Gasteiger partial charge in [-0.05, 0) is 31.2 Å². The van der Waals surface area contributed by atoms with Crippen molar-refractivity contribution < 1.29 is 8.42 Å². The van der Waals surface area contributed by atoms with Gasteiger partial charge in [0.1, 0.15) is 0 Å². The standard InChI is InChI=1S/C14H19N5O2S/c1-4-19(12-8-6-5-7-9-12)14-11-10-13(15-16-14)17-22(20,21)18(2)3/h5-11H,4H2,1-3H3,(H,15,17). The predicted molar refractivity (Wildman–Crippen MR) is 87.4 cm³/mol. The van der Waals surface area contributed by atoms with Crippen molar-refractivity contribution in [3.05, 3.63) is 42.5 Å². The quantitative estimate of drug-likeness (QED) is 0.878. The van der Waals surface area contributed by atoms with Gasteiger partial charge in [-0.3, -0.25) is 4.72 Å². The maximum absolute atomic E-state index is 11.7. The third-order valence-corrected chi connectivity index (χ3v) is 4.45. The average molecular weight is 321 g/mol. The minimum Gasteiger partial charge on any atom is -0.325 e. The fraction of sp³-hybridized carbons (Fsp3) is 0.286. The number of benzene rings is 1. The molecular weight excluding hydrogens is 302 g/mol. The van der Waals surface area contributed by atoms with Crippen molar-refractivity contribution in [3.63, 3.8) is 0 Å². The molecule has 1 N–H and O–H groups in total. The number of anilines is 3. The van der Waals surface area contributed by atoms with E-state index in [2.05, 4.69) is 14.9 Å². The summed E-state index contributed by atoms with van der Waals surface area (Å²) in [5.41, 5.74) is 1.00. The average Bonchev–Trinajstić information content (AvgIpc) is 2.50. The molecule has 0 aliphatic rings. The van der Waals surface area contributed by atoms with E-state index in [1.54, 1.807) is 12.1 Å². The first kappa shape index (κ1) is 16.2. The number of nitrogens with one attached hydrogen (secondary N) is 1. The Labute approximate surface area is 130 Å². The first-order valence-corrected chi connectivity index (χ1v) is 8.24. The lowest BCUT2D eigenvalue weighted by molar-refractivity contribution is 0.526. The largest absolute Gasteiger partial charge is 0.325 e. The number of nitrogens with zero attached hydrogens (tertiary/aromatic N) is 4. The normalized spacial score (nSPS) is 11.5. The summed E-state index contributed by atoms with van der Waals surface area (Å²) in [7, 11) is -0.689. The van der Waals surface area contributed by atoms with Gasteiger partial charge in [0.15, 0.2) is 11.6 Å². The monoisotopic (exact) mass is 321 g/mol. The Kier molecular flexibility index (Phi) is 4.94. The van der Waals surface area contributed by atoms with Crippen LogP contribution < -0.4 is 9.62 Å². The van der Waals surface area contributed by atoms with Gasteiger partial charge in [-0.1, -0.05) is 18.2 Å². The van der Waals surface area contributed by atoms with E-state index in [-0.39, 0.29) is 5.82 Å². The molecule has 22 heavy (non-hydrogen) atoms. The third kappa shape index (κ3) is 3.71. The van der Waals surface area contributed by atoms with Gasteiger partial charge in [0.2, 0.25) is 0 Å². The van der Waals surface area contributed by atoms with Crippen molar-refractivity contribution >= 4 is 27.5 Å². The highest BCUT2D eigenvalue weighted by Crippen LogP contribution is 2.22. The van der Waals surface area contributed by atoms with Gasteiger partial charge >= 0.3 is 10.2 Å². The summed E-state index contributed by atoms with van der Waals surface area (Å²) < 4.78 is 26.9. The molecule has 2 rings (SSSR count).